The number of benzene rings is 3. The quantitative estimate of drug-likeness (QED) is 0.268. The van der Waals surface area contributed by atoms with Gasteiger partial charge in [-0.1, -0.05) is 72.4 Å². The van der Waals surface area contributed by atoms with Crippen molar-refractivity contribution in [2.24, 2.45) is 0 Å². The molecular formula is C33H37Cl2N3O6S. The smallest absolute Gasteiger partial charge is 0.244 e. The molecule has 2 amide bonds. The molecule has 1 saturated carbocycles. The van der Waals surface area contributed by atoms with Gasteiger partial charge in [-0.2, -0.15) is 0 Å². The summed E-state index contributed by atoms with van der Waals surface area (Å²) in [5.41, 5.74) is 1.77. The molecule has 1 fully saturated rings. The molecule has 3 aromatic rings. The second-order valence-corrected chi connectivity index (χ2v) is 14.2. The number of hydrogen-bond acceptors (Lipinski definition) is 6. The minimum absolute atomic E-state index is 0.00641. The first-order chi connectivity index (χ1) is 21.6. The number of ether oxygens (including phenoxy) is 2. The zero-order valence-corrected chi connectivity index (χ0v) is 27.4. The molecule has 240 valence electrons. The Kier molecular flexibility index (Phi) is 10.8. The van der Waals surface area contributed by atoms with Crippen molar-refractivity contribution in [1.82, 2.24) is 10.2 Å². The number of amides is 2. The summed E-state index contributed by atoms with van der Waals surface area (Å²) in [4.78, 5) is 29.9. The molecule has 1 heterocycles. The molecule has 1 N–H and O–H groups in total. The summed E-state index contributed by atoms with van der Waals surface area (Å²) in [6.07, 6.45) is 4.03. The molecule has 0 saturated heterocycles. The van der Waals surface area contributed by atoms with Gasteiger partial charge in [0.25, 0.3) is 0 Å². The minimum atomic E-state index is -3.93. The molecule has 1 aliphatic carbocycles. The van der Waals surface area contributed by atoms with Crippen LogP contribution in [0, 0.1) is 0 Å². The van der Waals surface area contributed by atoms with E-state index in [0.717, 1.165) is 35.6 Å². The Balaban J connectivity index is 1.53. The van der Waals surface area contributed by atoms with Crippen molar-refractivity contribution in [3.05, 3.63) is 87.9 Å². The lowest BCUT2D eigenvalue weighted by molar-refractivity contribution is -0.140. The Morgan fingerprint density at radius 1 is 0.911 bits per heavy atom. The monoisotopic (exact) mass is 673 g/mol. The molecule has 3 aromatic carbocycles. The summed E-state index contributed by atoms with van der Waals surface area (Å²) in [6.45, 7) is 1.71. The van der Waals surface area contributed by atoms with Crippen molar-refractivity contribution < 1.29 is 27.5 Å². The molecule has 0 bridgehead atoms. The zero-order valence-electron chi connectivity index (χ0n) is 25.1. The summed E-state index contributed by atoms with van der Waals surface area (Å²) >= 11 is 12.5. The second kappa shape index (κ2) is 14.7. The number of anilines is 1. The van der Waals surface area contributed by atoms with E-state index in [-0.39, 0.29) is 36.4 Å². The van der Waals surface area contributed by atoms with E-state index in [1.165, 1.54) is 11.8 Å². The maximum absolute atomic E-state index is 14.4. The van der Waals surface area contributed by atoms with Crippen molar-refractivity contribution in [3.63, 3.8) is 0 Å². The lowest BCUT2D eigenvalue weighted by Crippen LogP contribution is -2.54. The number of rotatable bonds is 12. The van der Waals surface area contributed by atoms with Crippen LogP contribution in [0.4, 0.5) is 5.69 Å². The van der Waals surface area contributed by atoms with Crippen LogP contribution in [0.5, 0.6) is 11.5 Å². The van der Waals surface area contributed by atoms with Gasteiger partial charge in [0.05, 0.1) is 21.5 Å². The van der Waals surface area contributed by atoms with Gasteiger partial charge < -0.3 is 19.7 Å². The lowest BCUT2D eigenvalue weighted by atomic mass is 10.0. The van der Waals surface area contributed by atoms with Crippen LogP contribution in [-0.2, 0) is 32.6 Å². The van der Waals surface area contributed by atoms with Crippen molar-refractivity contribution in [2.45, 2.75) is 57.7 Å². The normalized spacial score (nSPS) is 15.4. The molecule has 1 atom stereocenters. The van der Waals surface area contributed by atoms with Crippen LogP contribution < -0.4 is 19.1 Å². The molecule has 45 heavy (non-hydrogen) atoms. The van der Waals surface area contributed by atoms with Crippen LogP contribution in [0.2, 0.25) is 10.0 Å². The predicted molar refractivity (Wildman–Crippen MR) is 176 cm³/mol. The van der Waals surface area contributed by atoms with Gasteiger partial charge in [-0.25, -0.2) is 8.42 Å². The van der Waals surface area contributed by atoms with E-state index in [1.54, 1.807) is 36.4 Å². The Labute approximate surface area is 274 Å². The van der Waals surface area contributed by atoms with Crippen LogP contribution in [0.1, 0.15) is 43.7 Å². The van der Waals surface area contributed by atoms with E-state index in [0.29, 0.717) is 40.3 Å². The first-order valence-corrected chi connectivity index (χ1v) is 17.5. The van der Waals surface area contributed by atoms with E-state index in [1.807, 2.05) is 30.3 Å². The summed E-state index contributed by atoms with van der Waals surface area (Å²) in [7, 11) is -3.93. The fourth-order valence-corrected chi connectivity index (χ4v) is 7.04. The molecule has 0 unspecified atom stereocenters. The highest BCUT2D eigenvalue weighted by molar-refractivity contribution is 7.92. The van der Waals surface area contributed by atoms with Crippen molar-refractivity contribution in [1.29, 1.82) is 0 Å². The number of carbonyl (C=O) groups excluding carboxylic acids is 2. The third-order valence-electron chi connectivity index (χ3n) is 8.10. The third kappa shape index (κ3) is 8.23. The molecule has 5 rings (SSSR count). The maximum atomic E-state index is 14.4. The number of carbonyl (C=O) groups is 2. The number of sulfonamides is 1. The minimum Gasteiger partial charge on any atom is -0.486 e. The van der Waals surface area contributed by atoms with Gasteiger partial charge in [-0.05, 0) is 55.2 Å². The summed E-state index contributed by atoms with van der Waals surface area (Å²) in [5.74, 6) is -0.179. The SMILES string of the molecule is CCS(=O)(=O)N(CC(=O)N(Cc1ccc(Cl)c(Cl)c1)[C@@H](Cc1ccccc1)C(=O)NC1CCCC1)c1ccc2c(c1)OCCO2. The molecule has 0 spiro atoms. The number of nitrogens with zero attached hydrogens (tertiary/aromatic N) is 2. The lowest BCUT2D eigenvalue weighted by Gasteiger charge is -2.34. The summed E-state index contributed by atoms with van der Waals surface area (Å²) in [6, 6.07) is 18.4. The number of halogens is 2. The third-order valence-corrected chi connectivity index (χ3v) is 10.6. The molecular weight excluding hydrogens is 637 g/mol. The van der Waals surface area contributed by atoms with Gasteiger partial charge >= 0.3 is 0 Å². The Morgan fingerprint density at radius 2 is 1.62 bits per heavy atom. The van der Waals surface area contributed by atoms with E-state index in [9.17, 15) is 18.0 Å². The summed E-state index contributed by atoms with van der Waals surface area (Å²) in [5, 5.41) is 3.83. The zero-order chi connectivity index (χ0) is 32.0. The summed E-state index contributed by atoms with van der Waals surface area (Å²) < 4.78 is 39.3. The van der Waals surface area contributed by atoms with Crippen molar-refractivity contribution in [2.75, 3.05) is 29.8 Å². The van der Waals surface area contributed by atoms with Crippen molar-refractivity contribution in [3.8, 4) is 11.5 Å². The molecule has 12 heteroatoms. The van der Waals surface area contributed by atoms with Crippen LogP contribution in [-0.4, -0.2) is 62.7 Å². The van der Waals surface area contributed by atoms with Crippen LogP contribution in [0.15, 0.2) is 66.7 Å². The number of fused-ring (bicyclic) bond motifs is 1. The molecule has 0 radical (unpaired) electrons. The highest BCUT2D eigenvalue weighted by atomic mass is 35.5. The standard InChI is InChI=1S/C33H37Cl2N3O6S/c1-2-45(41,42)38(26-13-15-30-31(20-26)44-17-16-43-30)22-32(39)37(21-24-12-14-27(34)28(35)18-24)29(19-23-8-4-3-5-9-23)33(40)36-25-10-6-7-11-25/h3-5,8-9,12-15,18,20,25,29H,2,6-7,10-11,16-17,19,21-22H2,1H3,(H,36,40)/t29-/m0/s1. The van der Waals surface area contributed by atoms with Gasteiger partial charge in [-0.15, -0.1) is 0 Å². The first-order valence-electron chi connectivity index (χ1n) is 15.1. The highest BCUT2D eigenvalue weighted by Gasteiger charge is 2.35. The van der Waals surface area contributed by atoms with Gasteiger partial charge in [0.15, 0.2) is 11.5 Å². The van der Waals surface area contributed by atoms with Gasteiger partial charge in [0.2, 0.25) is 21.8 Å². The largest absolute Gasteiger partial charge is 0.486 e. The second-order valence-electron chi connectivity index (χ2n) is 11.2. The highest BCUT2D eigenvalue weighted by Crippen LogP contribution is 2.35. The fourth-order valence-electron chi connectivity index (χ4n) is 5.66. The first kappa shape index (κ1) is 32.9. The van der Waals surface area contributed by atoms with Crippen LogP contribution in [0.3, 0.4) is 0 Å². The molecule has 1 aliphatic heterocycles. The Morgan fingerprint density at radius 3 is 2.31 bits per heavy atom. The number of nitrogens with one attached hydrogen (secondary N) is 1. The Bertz CT molecular complexity index is 1620. The van der Waals surface area contributed by atoms with Gasteiger partial charge in [-0.3, -0.25) is 13.9 Å². The Hall–Kier alpha value is -3.47. The van der Waals surface area contributed by atoms with E-state index >= 15 is 0 Å². The van der Waals surface area contributed by atoms with E-state index in [2.05, 4.69) is 5.32 Å². The van der Waals surface area contributed by atoms with Crippen LogP contribution >= 0.6 is 23.2 Å². The molecule has 2 aliphatic rings. The average Bonchev–Trinajstić information content (AvgIpc) is 3.56. The molecule has 0 aromatic heterocycles. The van der Waals surface area contributed by atoms with Crippen molar-refractivity contribution >= 4 is 50.7 Å². The topological polar surface area (TPSA) is 105 Å². The van der Waals surface area contributed by atoms with Gasteiger partial charge in [0, 0.05) is 25.1 Å². The van der Waals surface area contributed by atoms with E-state index in [4.69, 9.17) is 32.7 Å². The number of hydrogen-bond donors (Lipinski definition) is 1. The maximum Gasteiger partial charge on any atom is 0.244 e. The fraction of sp³-hybridized carbons (Fsp3) is 0.394. The van der Waals surface area contributed by atoms with Gasteiger partial charge in [0.1, 0.15) is 25.8 Å². The average molecular weight is 675 g/mol. The molecule has 9 nitrogen and oxygen atoms in total. The van der Waals surface area contributed by atoms with Crippen LogP contribution in [0.25, 0.3) is 0 Å². The predicted octanol–water partition coefficient (Wildman–Crippen LogP) is 5.62. The van der Waals surface area contributed by atoms with E-state index < -0.39 is 28.5 Å².